The van der Waals surface area contributed by atoms with Crippen LogP contribution in [0.3, 0.4) is 0 Å². The largest absolute Gasteiger partial charge is 0.481 e. The third-order valence-electron chi connectivity index (χ3n) is 2.51. The molecule has 0 bridgehead atoms. The summed E-state index contributed by atoms with van der Waals surface area (Å²) in [6, 6.07) is 1.52. The number of halogens is 3. The van der Waals surface area contributed by atoms with E-state index in [0.29, 0.717) is 11.7 Å². The standard InChI is InChI=1S/C9H10F3N3O/c1-16-8-2-7(13-5-14-8)15-3-6(4-15)9(10,11)12/h2,5-6H,3-4H2,1H3. The second-order valence-electron chi connectivity index (χ2n) is 3.56. The van der Waals surface area contributed by atoms with E-state index in [1.807, 2.05) is 0 Å². The molecule has 0 amide bonds. The van der Waals surface area contributed by atoms with Crippen LogP contribution >= 0.6 is 0 Å². The zero-order chi connectivity index (χ0) is 11.8. The monoisotopic (exact) mass is 233 g/mol. The molecule has 0 aliphatic carbocycles. The van der Waals surface area contributed by atoms with Crippen molar-refractivity contribution >= 4 is 5.82 Å². The Labute approximate surface area is 90.1 Å². The Morgan fingerprint density at radius 2 is 2.06 bits per heavy atom. The van der Waals surface area contributed by atoms with Gasteiger partial charge in [-0.1, -0.05) is 0 Å². The van der Waals surface area contributed by atoms with Crippen molar-refractivity contribution in [3.8, 4) is 5.88 Å². The number of hydrogen-bond donors (Lipinski definition) is 0. The van der Waals surface area contributed by atoms with Crippen molar-refractivity contribution in [2.45, 2.75) is 6.18 Å². The molecule has 0 spiro atoms. The van der Waals surface area contributed by atoms with Crippen molar-refractivity contribution in [1.82, 2.24) is 9.97 Å². The Balaban J connectivity index is 2.01. The lowest BCUT2D eigenvalue weighted by Crippen LogP contribution is -2.53. The summed E-state index contributed by atoms with van der Waals surface area (Å²) in [5.74, 6) is -0.443. The molecule has 1 aromatic heterocycles. The molecule has 4 nitrogen and oxygen atoms in total. The SMILES string of the molecule is COc1cc(N2CC(C(F)(F)F)C2)ncn1. The van der Waals surface area contributed by atoms with E-state index in [4.69, 9.17) is 4.74 Å². The number of aromatic nitrogens is 2. The Morgan fingerprint density at radius 1 is 1.38 bits per heavy atom. The fourth-order valence-corrected chi connectivity index (χ4v) is 1.49. The van der Waals surface area contributed by atoms with Crippen molar-refractivity contribution in [3.63, 3.8) is 0 Å². The van der Waals surface area contributed by atoms with Gasteiger partial charge in [0.25, 0.3) is 0 Å². The maximum Gasteiger partial charge on any atom is 0.395 e. The third-order valence-corrected chi connectivity index (χ3v) is 2.51. The molecule has 2 heterocycles. The molecule has 1 aliphatic rings. The van der Waals surface area contributed by atoms with Gasteiger partial charge in [0.1, 0.15) is 12.1 Å². The van der Waals surface area contributed by atoms with E-state index in [2.05, 4.69) is 9.97 Å². The van der Waals surface area contributed by atoms with Crippen LogP contribution in [0.15, 0.2) is 12.4 Å². The molecule has 0 radical (unpaired) electrons. The molecule has 1 saturated heterocycles. The number of ether oxygens (including phenoxy) is 1. The van der Waals surface area contributed by atoms with Gasteiger partial charge in [-0.25, -0.2) is 9.97 Å². The van der Waals surface area contributed by atoms with Gasteiger partial charge in [-0.15, -0.1) is 0 Å². The van der Waals surface area contributed by atoms with Gasteiger partial charge < -0.3 is 9.64 Å². The van der Waals surface area contributed by atoms with E-state index in [0.717, 1.165) is 0 Å². The minimum atomic E-state index is -4.12. The Kier molecular flexibility index (Phi) is 2.61. The predicted octanol–water partition coefficient (Wildman–Crippen LogP) is 1.48. The third kappa shape index (κ3) is 2.02. The normalized spacial score (nSPS) is 17.1. The first-order chi connectivity index (χ1) is 7.50. The molecule has 0 saturated carbocycles. The van der Waals surface area contributed by atoms with Crippen LogP contribution in [-0.4, -0.2) is 36.3 Å². The summed E-state index contributed by atoms with van der Waals surface area (Å²) in [4.78, 5) is 9.22. The minimum Gasteiger partial charge on any atom is -0.481 e. The predicted molar refractivity (Wildman–Crippen MR) is 50.3 cm³/mol. The summed E-state index contributed by atoms with van der Waals surface area (Å²) in [5, 5.41) is 0. The number of anilines is 1. The molecule has 0 N–H and O–H groups in total. The van der Waals surface area contributed by atoms with Gasteiger partial charge in [0.15, 0.2) is 0 Å². The second-order valence-corrected chi connectivity index (χ2v) is 3.56. The van der Waals surface area contributed by atoms with Gasteiger partial charge in [-0.2, -0.15) is 13.2 Å². The first-order valence-electron chi connectivity index (χ1n) is 4.68. The van der Waals surface area contributed by atoms with Gasteiger partial charge in [-0.05, 0) is 0 Å². The number of hydrogen-bond acceptors (Lipinski definition) is 4. The lowest BCUT2D eigenvalue weighted by atomic mass is 10.00. The smallest absolute Gasteiger partial charge is 0.395 e. The molecule has 1 aromatic rings. The van der Waals surface area contributed by atoms with E-state index in [-0.39, 0.29) is 13.1 Å². The average molecular weight is 233 g/mol. The van der Waals surface area contributed by atoms with Crippen LogP contribution in [-0.2, 0) is 0 Å². The first kappa shape index (κ1) is 11.0. The van der Waals surface area contributed by atoms with Crippen LogP contribution in [0, 0.1) is 5.92 Å². The molecule has 0 aromatic carbocycles. The summed E-state index contributed by atoms with van der Waals surface area (Å²) in [6.07, 6.45) is -2.84. The van der Waals surface area contributed by atoms with Gasteiger partial charge >= 0.3 is 6.18 Å². The molecule has 16 heavy (non-hydrogen) atoms. The summed E-state index contributed by atoms with van der Waals surface area (Å²) >= 11 is 0. The molecule has 1 fully saturated rings. The van der Waals surface area contributed by atoms with E-state index < -0.39 is 12.1 Å². The van der Waals surface area contributed by atoms with Crippen LogP contribution in [0.5, 0.6) is 5.88 Å². The molecule has 88 valence electrons. The Bertz CT molecular complexity index is 377. The van der Waals surface area contributed by atoms with Crippen LogP contribution in [0.2, 0.25) is 0 Å². The van der Waals surface area contributed by atoms with E-state index >= 15 is 0 Å². The minimum absolute atomic E-state index is 0.0519. The Morgan fingerprint density at radius 3 is 2.62 bits per heavy atom. The van der Waals surface area contributed by atoms with Crippen molar-refractivity contribution in [2.75, 3.05) is 25.1 Å². The zero-order valence-corrected chi connectivity index (χ0v) is 8.53. The van der Waals surface area contributed by atoms with Gasteiger partial charge in [0.2, 0.25) is 5.88 Å². The van der Waals surface area contributed by atoms with E-state index in [1.165, 1.54) is 19.5 Å². The highest BCUT2D eigenvalue weighted by Crippen LogP contribution is 2.35. The van der Waals surface area contributed by atoms with E-state index in [9.17, 15) is 13.2 Å². The fraction of sp³-hybridized carbons (Fsp3) is 0.556. The maximum atomic E-state index is 12.3. The highest BCUT2D eigenvalue weighted by Gasteiger charge is 2.47. The highest BCUT2D eigenvalue weighted by atomic mass is 19.4. The molecule has 0 atom stereocenters. The van der Waals surface area contributed by atoms with Crippen LogP contribution in [0.1, 0.15) is 0 Å². The topological polar surface area (TPSA) is 38.2 Å². The second kappa shape index (κ2) is 3.80. The summed E-state index contributed by atoms with van der Waals surface area (Å²) in [7, 11) is 1.45. The molecule has 1 aliphatic heterocycles. The number of nitrogens with zero attached hydrogens (tertiary/aromatic N) is 3. The molecule has 2 rings (SSSR count). The quantitative estimate of drug-likeness (QED) is 0.775. The number of rotatable bonds is 2. The van der Waals surface area contributed by atoms with Crippen molar-refractivity contribution in [2.24, 2.45) is 5.92 Å². The summed E-state index contributed by atoms with van der Waals surface area (Å²) < 4.78 is 41.6. The molecule has 0 unspecified atom stereocenters. The van der Waals surface area contributed by atoms with E-state index in [1.54, 1.807) is 4.90 Å². The molecule has 7 heteroatoms. The summed E-state index contributed by atoms with van der Waals surface area (Å²) in [5.41, 5.74) is 0. The van der Waals surface area contributed by atoms with Crippen LogP contribution < -0.4 is 9.64 Å². The summed E-state index contributed by atoms with van der Waals surface area (Å²) in [6.45, 7) is -0.104. The van der Waals surface area contributed by atoms with Gasteiger partial charge in [-0.3, -0.25) is 0 Å². The van der Waals surface area contributed by atoms with Gasteiger partial charge in [0.05, 0.1) is 13.0 Å². The highest BCUT2D eigenvalue weighted by molar-refractivity contribution is 5.43. The van der Waals surface area contributed by atoms with Crippen LogP contribution in [0.4, 0.5) is 19.0 Å². The van der Waals surface area contributed by atoms with Crippen molar-refractivity contribution < 1.29 is 17.9 Å². The lowest BCUT2D eigenvalue weighted by Gasteiger charge is -2.40. The maximum absolute atomic E-state index is 12.3. The molecular formula is C9H10F3N3O. The number of methoxy groups -OCH3 is 1. The average Bonchev–Trinajstić information content (AvgIpc) is 2.13. The first-order valence-corrected chi connectivity index (χ1v) is 4.68. The van der Waals surface area contributed by atoms with Crippen LogP contribution in [0.25, 0.3) is 0 Å². The van der Waals surface area contributed by atoms with Gasteiger partial charge in [0, 0.05) is 19.2 Å². The lowest BCUT2D eigenvalue weighted by molar-refractivity contribution is -0.180. The fourth-order valence-electron chi connectivity index (χ4n) is 1.49. The number of alkyl halides is 3. The Hall–Kier alpha value is -1.53. The van der Waals surface area contributed by atoms with Crippen molar-refractivity contribution in [1.29, 1.82) is 0 Å². The zero-order valence-electron chi connectivity index (χ0n) is 8.53. The molecular weight excluding hydrogens is 223 g/mol. The van der Waals surface area contributed by atoms with Crippen molar-refractivity contribution in [3.05, 3.63) is 12.4 Å².